The highest BCUT2D eigenvalue weighted by molar-refractivity contribution is 6.25. The minimum absolute atomic E-state index is 1.23. The first kappa shape index (κ1) is 31.1. The van der Waals surface area contributed by atoms with Crippen molar-refractivity contribution in [3.05, 3.63) is 206 Å². The number of hydrogen-bond donors (Lipinski definition) is 0. The first-order valence-corrected chi connectivity index (χ1v) is 19.5. The first-order valence-electron chi connectivity index (χ1n) is 19.5. The third-order valence-corrected chi connectivity index (χ3v) is 12.2. The average Bonchev–Trinajstić information content (AvgIpc) is 3.61. The molecular weight excluding hydrogens is 673 g/mol. The predicted octanol–water partition coefficient (Wildman–Crippen LogP) is 15.8. The van der Waals surface area contributed by atoms with Gasteiger partial charge < -0.3 is 0 Å². The largest absolute Gasteiger partial charge is 0.0616 e. The zero-order valence-electron chi connectivity index (χ0n) is 30.6. The Morgan fingerprint density at radius 2 is 0.661 bits per heavy atom. The Morgan fingerprint density at radius 1 is 0.179 bits per heavy atom. The number of benzene rings is 11. The van der Waals surface area contributed by atoms with Crippen LogP contribution >= 0.6 is 0 Å². The van der Waals surface area contributed by atoms with Crippen molar-refractivity contribution in [1.29, 1.82) is 0 Å². The summed E-state index contributed by atoms with van der Waals surface area (Å²) in [6.07, 6.45) is 0. The van der Waals surface area contributed by atoms with Gasteiger partial charge in [0, 0.05) is 0 Å². The van der Waals surface area contributed by atoms with Gasteiger partial charge in [0.15, 0.2) is 0 Å². The highest BCUT2D eigenvalue weighted by Crippen LogP contribution is 2.57. The average molecular weight is 707 g/mol. The summed E-state index contributed by atoms with van der Waals surface area (Å²) < 4.78 is 0. The Morgan fingerprint density at radius 3 is 1.45 bits per heavy atom. The molecule has 11 aromatic rings. The lowest BCUT2D eigenvalue weighted by atomic mass is 9.79. The van der Waals surface area contributed by atoms with Crippen molar-refractivity contribution in [2.75, 3.05) is 0 Å². The van der Waals surface area contributed by atoms with Crippen molar-refractivity contribution >= 4 is 53.9 Å². The zero-order chi connectivity index (χ0) is 36.7. The van der Waals surface area contributed by atoms with Gasteiger partial charge in [-0.25, -0.2) is 0 Å². The van der Waals surface area contributed by atoms with Crippen LogP contribution in [0.2, 0.25) is 0 Å². The Labute approximate surface area is 325 Å². The molecule has 12 rings (SSSR count). The van der Waals surface area contributed by atoms with E-state index in [1.807, 2.05) is 0 Å². The summed E-state index contributed by atoms with van der Waals surface area (Å²) >= 11 is 0. The summed E-state index contributed by atoms with van der Waals surface area (Å²) in [6, 6.07) is 76.8. The normalized spacial score (nSPS) is 11.9. The summed E-state index contributed by atoms with van der Waals surface area (Å²) in [6.45, 7) is 0. The summed E-state index contributed by atoms with van der Waals surface area (Å²) in [5.41, 5.74) is 15.2. The second kappa shape index (κ2) is 12.1. The summed E-state index contributed by atoms with van der Waals surface area (Å²) in [4.78, 5) is 0. The standard InChI is InChI=1S/C56H34/c1-5-20-40-35(14-1)17-11-28-48(40)54-41-21-6-3-16-37(41)31-33-51(54)55-52(34-38-18-12-29-49-46-24-9-10-25-50(46)56(55)53(38)49)45-23-8-7-22-43(45)44-27-13-26-42-39-19-4-2-15-36(39)30-32-47(42)44/h1-34H. The molecule has 1 aliphatic carbocycles. The number of fused-ring (bicyclic) bond motifs is 8. The molecule has 0 bridgehead atoms. The predicted molar refractivity (Wildman–Crippen MR) is 240 cm³/mol. The maximum absolute atomic E-state index is 2.48. The van der Waals surface area contributed by atoms with Crippen molar-refractivity contribution < 1.29 is 0 Å². The van der Waals surface area contributed by atoms with Crippen LogP contribution in [0.4, 0.5) is 0 Å². The molecule has 0 amide bonds. The van der Waals surface area contributed by atoms with Gasteiger partial charge in [0.05, 0.1) is 0 Å². The molecule has 11 aromatic carbocycles. The molecule has 0 unspecified atom stereocenters. The van der Waals surface area contributed by atoms with E-state index < -0.39 is 0 Å². The van der Waals surface area contributed by atoms with E-state index in [1.165, 1.54) is 121 Å². The molecule has 0 saturated heterocycles. The van der Waals surface area contributed by atoms with E-state index in [-0.39, 0.29) is 0 Å². The molecular formula is C56H34. The van der Waals surface area contributed by atoms with Crippen LogP contribution in [0.15, 0.2) is 206 Å². The lowest BCUT2D eigenvalue weighted by molar-refractivity contribution is 1.59. The monoisotopic (exact) mass is 706 g/mol. The highest BCUT2D eigenvalue weighted by atomic mass is 14.3. The zero-order valence-corrected chi connectivity index (χ0v) is 30.6. The van der Waals surface area contributed by atoms with Crippen LogP contribution in [0.1, 0.15) is 0 Å². The van der Waals surface area contributed by atoms with Gasteiger partial charge in [0.1, 0.15) is 0 Å². The fourth-order valence-corrected chi connectivity index (χ4v) is 9.82. The Balaban J connectivity index is 1.25. The molecule has 0 fully saturated rings. The van der Waals surface area contributed by atoms with Crippen LogP contribution in [-0.4, -0.2) is 0 Å². The van der Waals surface area contributed by atoms with E-state index >= 15 is 0 Å². The number of hydrogen-bond acceptors (Lipinski definition) is 0. The fourth-order valence-electron chi connectivity index (χ4n) is 9.82. The Kier molecular flexibility index (Phi) is 6.73. The molecule has 0 nitrogen and oxygen atoms in total. The van der Waals surface area contributed by atoms with Crippen LogP contribution in [-0.2, 0) is 0 Å². The van der Waals surface area contributed by atoms with Gasteiger partial charge in [-0.05, 0) is 127 Å². The minimum Gasteiger partial charge on any atom is -0.0616 e. The summed E-state index contributed by atoms with van der Waals surface area (Å²) in [5, 5.41) is 12.7. The molecule has 0 saturated carbocycles. The van der Waals surface area contributed by atoms with Gasteiger partial charge in [-0.2, -0.15) is 0 Å². The van der Waals surface area contributed by atoms with Crippen LogP contribution in [0, 0.1) is 0 Å². The molecule has 0 spiro atoms. The smallest absolute Gasteiger partial charge is 0.000785 e. The molecule has 0 atom stereocenters. The van der Waals surface area contributed by atoms with E-state index in [0.29, 0.717) is 0 Å². The van der Waals surface area contributed by atoms with Crippen molar-refractivity contribution in [1.82, 2.24) is 0 Å². The SMILES string of the molecule is c1ccc(-c2cccc3c2ccc2ccccc23)c(-c2cc3cccc4c3c(c2-c2ccc3ccccc3c2-c2cccc3ccccc23)-c2ccccc2-4)c1. The molecule has 0 aliphatic heterocycles. The Hall–Kier alpha value is -7.28. The van der Waals surface area contributed by atoms with E-state index in [9.17, 15) is 0 Å². The fraction of sp³-hybridized carbons (Fsp3) is 0. The van der Waals surface area contributed by atoms with Gasteiger partial charge in [0.25, 0.3) is 0 Å². The van der Waals surface area contributed by atoms with Crippen LogP contribution in [0.5, 0.6) is 0 Å². The summed E-state index contributed by atoms with van der Waals surface area (Å²) in [5.74, 6) is 0. The van der Waals surface area contributed by atoms with Gasteiger partial charge in [-0.15, -0.1) is 0 Å². The van der Waals surface area contributed by atoms with E-state index in [2.05, 4.69) is 206 Å². The summed E-state index contributed by atoms with van der Waals surface area (Å²) in [7, 11) is 0. The molecule has 0 aromatic heterocycles. The first-order chi connectivity index (χ1) is 27.8. The third-order valence-electron chi connectivity index (χ3n) is 12.2. The molecule has 0 heteroatoms. The van der Waals surface area contributed by atoms with Gasteiger partial charge in [-0.1, -0.05) is 200 Å². The lowest BCUT2D eigenvalue weighted by Crippen LogP contribution is -1.96. The minimum atomic E-state index is 1.23. The molecule has 1 aliphatic rings. The van der Waals surface area contributed by atoms with Crippen molar-refractivity contribution in [3.8, 4) is 66.8 Å². The van der Waals surface area contributed by atoms with Crippen LogP contribution in [0.3, 0.4) is 0 Å². The quantitative estimate of drug-likeness (QED) is 0.160. The lowest BCUT2D eigenvalue weighted by Gasteiger charge is -2.23. The van der Waals surface area contributed by atoms with E-state index in [4.69, 9.17) is 0 Å². The van der Waals surface area contributed by atoms with Gasteiger partial charge in [-0.3, -0.25) is 0 Å². The second-order valence-corrected chi connectivity index (χ2v) is 15.1. The molecule has 0 heterocycles. The maximum atomic E-state index is 2.48. The van der Waals surface area contributed by atoms with Crippen molar-refractivity contribution in [2.45, 2.75) is 0 Å². The molecule has 56 heavy (non-hydrogen) atoms. The molecule has 258 valence electrons. The number of rotatable bonds is 4. The van der Waals surface area contributed by atoms with E-state index in [1.54, 1.807) is 0 Å². The second-order valence-electron chi connectivity index (χ2n) is 15.1. The van der Waals surface area contributed by atoms with Crippen LogP contribution < -0.4 is 0 Å². The van der Waals surface area contributed by atoms with Crippen molar-refractivity contribution in [2.24, 2.45) is 0 Å². The molecule has 0 N–H and O–H groups in total. The van der Waals surface area contributed by atoms with E-state index in [0.717, 1.165) is 0 Å². The van der Waals surface area contributed by atoms with Gasteiger partial charge >= 0.3 is 0 Å². The van der Waals surface area contributed by atoms with Crippen molar-refractivity contribution in [3.63, 3.8) is 0 Å². The topological polar surface area (TPSA) is 0 Å². The van der Waals surface area contributed by atoms with Crippen LogP contribution in [0.25, 0.3) is 121 Å². The maximum Gasteiger partial charge on any atom is -0.000785 e. The molecule has 0 radical (unpaired) electrons. The third kappa shape index (κ3) is 4.48. The van der Waals surface area contributed by atoms with Gasteiger partial charge in [0.2, 0.25) is 0 Å². The highest BCUT2D eigenvalue weighted by Gasteiger charge is 2.29. The Bertz CT molecular complexity index is 3410.